The van der Waals surface area contributed by atoms with E-state index in [9.17, 15) is 9.18 Å². The number of aryl methyl sites for hydroxylation is 1. The van der Waals surface area contributed by atoms with Crippen molar-refractivity contribution < 1.29 is 13.9 Å². The summed E-state index contributed by atoms with van der Waals surface area (Å²) in [5, 5.41) is 0. The van der Waals surface area contributed by atoms with E-state index in [-0.39, 0.29) is 17.3 Å². The molecule has 0 heterocycles. The number of carbonyl (C=O) groups is 1. The third-order valence-corrected chi connectivity index (χ3v) is 7.09. The molecule has 2 aromatic carbocycles. The number of carbonyl (C=O) groups excluding carboxylic acids is 1. The van der Waals surface area contributed by atoms with Gasteiger partial charge < -0.3 is 4.74 Å². The molecule has 2 aliphatic carbocycles. The van der Waals surface area contributed by atoms with Crippen molar-refractivity contribution in [3.8, 4) is 5.75 Å². The molecule has 2 aliphatic rings. The van der Waals surface area contributed by atoms with E-state index < -0.39 is 5.97 Å². The van der Waals surface area contributed by atoms with Gasteiger partial charge in [-0.05, 0) is 97.6 Å². The molecule has 0 aromatic heterocycles. The molecule has 0 N–H and O–H groups in total. The Morgan fingerprint density at radius 1 is 1.00 bits per heavy atom. The predicted molar refractivity (Wildman–Crippen MR) is 114 cm³/mol. The Labute approximate surface area is 173 Å². The van der Waals surface area contributed by atoms with E-state index >= 15 is 0 Å². The first-order chi connectivity index (χ1) is 14.0. The topological polar surface area (TPSA) is 26.3 Å². The fourth-order valence-corrected chi connectivity index (χ4v) is 5.35. The molecule has 0 radical (unpaired) electrons. The lowest BCUT2D eigenvalue weighted by atomic mass is 9.64. The molecule has 0 bridgehead atoms. The van der Waals surface area contributed by atoms with Gasteiger partial charge in [-0.15, -0.1) is 0 Å². The fraction of sp³-hybridized carbons (Fsp3) is 0.500. The summed E-state index contributed by atoms with van der Waals surface area (Å²) in [7, 11) is 0. The number of rotatable bonds is 4. The van der Waals surface area contributed by atoms with Gasteiger partial charge >= 0.3 is 5.97 Å². The summed E-state index contributed by atoms with van der Waals surface area (Å²) in [5.74, 6) is 2.38. The standard InChI is InChI=1S/C26H31FO2/c1-3-18-5-11-23(12-6-18)29-26(28)22-10-13-24(25(27)16-22)21-9-8-19-14-17(2)4-7-20(19)15-21/h5-6,10-13,16-17,19-21H,3-4,7-9,14-15H2,1-2H3. The Bertz CT molecular complexity index is 858. The first-order valence-electron chi connectivity index (χ1n) is 11.1. The van der Waals surface area contributed by atoms with Crippen LogP contribution in [0.25, 0.3) is 0 Å². The average molecular weight is 395 g/mol. The lowest BCUT2D eigenvalue weighted by Gasteiger charge is -2.41. The van der Waals surface area contributed by atoms with Gasteiger partial charge in [-0.2, -0.15) is 0 Å². The van der Waals surface area contributed by atoms with Crippen molar-refractivity contribution in [2.45, 2.75) is 64.7 Å². The highest BCUT2D eigenvalue weighted by atomic mass is 19.1. The number of esters is 1. The quantitative estimate of drug-likeness (QED) is 0.415. The van der Waals surface area contributed by atoms with Crippen LogP contribution >= 0.6 is 0 Å². The van der Waals surface area contributed by atoms with Gasteiger partial charge in [0.2, 0.25) is 0 Å². The van der Waals surface area contributed by atoms with Crippen LogP contribution in [0.15, 0.2) is 42.5 Å². The SMILES string of the molecule is CCc1ccc(OC(=O)c2ccc(C3CCC4CC(C)CCC4C3)c(F)c2)cc1. The number of hydrogen-bond acceptors (Lipinski definition) is 2. The molecule has 154 valence electrons. The number of fused-ring (bicyclic) bond motifs is 1. The summed E-state index contributed by atoms with van der Waals surface area (Å²) in [4.78, 5) is 12.4. The maximum atomic E-state index is 14.9. The summed E-state index contributed by atoms with van der Waals surface area (Å²) in [6.45, 7) is 4.44. The van der Waals surface area contributed by atoms with Crippen LogP contribution in [0.1, 0.15) is 79.8 Å². The minimum atomic E-state index is -0.510. The Hall–Kier alpha value is -2.16. The second-order valence-corrected chi connectivity index (χ2v) is 9.07. The summed E-state index contributed by atoms with van der Waals surface area (Å²) in [6.07, 6.45) is 8.20. The third kappa shape index (κ3) is 4.55. The van der Waals surface area contributed by atoms with Gasteiger partial charge in [0, 0.05) is 0 Å². The Kier molecular flexibility index (Phi) is 6.03. The monoisotopic (exact) mass is 394 g/mol. The first kappa shape index (κ1) is 20.1. The fourth-order valence-electron chi connectivity index (χ4n) is 5.35. The van der Waals surface area contributed by atoms with Gasteiger partial charge in [-0.1, -0.05) is 38.5 Å². The van der Waals surface area contributed by atoms with Crippen molar-refractivity contribution >= 4 is 5.97 Å². The van der Waals surface area contributed by atoms with E-state index in [1.807, 2.05) is 18.2 Å². The number of halogens is 1. The van der Waals surface area contributed by atoms with Gasteiger partial charge in [-0.25, -0.2) is 9.18 Å². The Balaban J connectivity index is 1.43. The second kappa shape index (κ2) is 8.69. The van der Waals surface area contributed by atoms with E-state index in [1.54, 1.807) is 18.2 Å². The van der Waals surface area contributed by atoms with Crippen molar-refractivity contribution in [3.63, 3.8) is 0 Å². The summed E-state index contributed by atoms with van der Waals surface area (Å²) in [6, 6.07) is 12.3. The van der Waals surface area contributed by atoms with E-state index in [1.165, 1.54) is 37.3 Å². The smallest absolute Gasteiger partial charge is 0.343 e. The number of benzene rings is 2. The summed E-state index contributed by atoms with van der Waals surface area (Å²) >= 11 is 0. The molecule has 2 aromatic rings. The largest absolute Gasteiger partial charge is 0.423 e. The van der Waals surface area contributed by atoms with Crippen LogP contribution < -0.4 is 4.74 Å². The van der Waals surface area contributed by atoms with Crippen LogP contribution in [0.4, 0.5) is 4.39 Å². The van der Waals surface area contributed by atoms with E-state index in [2.05, 4.69) is 13.8 Å². The molecule has 29 heavy (non-hydrogen) atoms. The van der Waals surface area contributed by atoms with Gasteiger partial charge in [-0.3, -0.25) is 0 Å². The lowest BCUT2D eigenvalue weighted by molar-refractivity contribution is 0.0734. The molecule has 2 fully saturated rings. The van der Waals surface area contributed by atoms with E-state index in [0.29, 0.717) is 5.75 Å². The molecule has 4 unspecified atom stereocenters. The molecule has 0 aliphatic heterocycles. The zero-order chi connectivity index (χ0) is 20.4. The third-order valence-electron chi connectivity index (χ3n) is 7.09. The molecule has 0 saturated heterocycles. The first-order valence-corrected chi connectivity index (χ1v) is 11.1. The van der Waals surface area contributed by atoms with Crippen LogP contribution in [0.3, 0.4) is 0 Å². The minimum absolute atomic E-state index is 0.269. The zero-order valence-electron chi connectivity index (χ0n) is 17.5. The molecule has 2 saturated carbocycles. The van der Waals surface area contributed by atoms with Crippen molar-refractivity contribution in [3.05, 3.63) is 65.0 Å². The van der Waals surface area contributed by atoms with Gasteiger partial charge in [0.15, 0.2) is 0 Å². The van der Waals surface area contributed by atoms with Gasteiger partial charge in [0.25, 0.3) is 0 Å². The lowest BCUT2D eigenvalue weighted by Crippen LogP contribution is -2.30. The van der Waals surface area contributed by atoms with E-state index in [4.69, 9.17) is 4.74 Å². The normalized spacial score (nSPS) is 26.6. The molecular formula is C26H31FO2. The molecule has 0 amide bonds. The van der Waals surface area contributed by atoms with Crippen molar-refractivity contribution in [1.82, 2.24) is 0 Å². The number of hydrogen-bond donors (Lipinski definition) is 0. The highest BCUT2D eigenvalue weighted by Gasteiger charge is 2.35. The van der Waals surface area contributed by atoms with Gasteiger partial charge in [0.1, 0.15) is 11.6 Å². The zero-order valence-corrected chi connectivity index (χ0v) is 17.5. The van der Waals surface area contributed by atoms with Crippen LogP contribution in [0.5, 0.6) is 5.75 Å². The van der Waals surface area contributed by atoms with E-state index in [0.717, 1.165) is 42.6 Å². The molecule has 2 nitrogen and oxygen atoms in total. The van der Waals surface area contributed by atoms with Crippen LogP contribution in [0.2, 0.25) is 0 Å². The van der Waals surface area contributed by atoms with Crippen molar-refractivity contribution in [1.29, 1.82) is 0 Å². The molecular weight excluding hydrogens is 363 g/mol. The highest BCUT2D eigenvalue weighted by Crippen LogP contribution is 2.47. The minimum Gasteiger partial charge on any atom is -0.423 e. The molecule has 4 atom stereocenters. The van der Waals surface area contributed by atoms with Gasteiger partial charge in [0.05, 0.1) is 5.56 Å². The Morgan fingerprint density at radius 3 is 2.45 bits per heavy atom. The average Bonchev–Trinajstić information content (AvgIpc) is 2.74. The van der Waals surface area contributed by atoms with Crippen LogP contribution in [0, 0.1) is 23.6 Å². The number of ether oxygens (including phenoxy) is 1. The van der Waals surface area contributed by atoms with Crippen LogP contribution in [-0.2, 0) is 6.42 Å². The Morgan fingerprint density at radius 2 is 1.72 bits per heavy atom. The molecule has 3 heteroatoms. The molecule has 0 spiro atoms. The maximum absolute atomic E-state index is 14.9. The summed E-state index contributed by atoms with van der Waals surface area (Å²) < 4.78 is 20.3. The van der Waals surface area contributed by atoms with Crippen molar-refractivity contribution in [2.24, 2.45) is 17.8 Å². The van der Waals surface area contributed by atoms with Crippen LogP contribution in [-0.4, -0.2) is 5.97 Å². The highest BCUT2D eigenvalue weighted by molar-refractivity contribution is 5.91. The summed E-state index contributed by atoms with van der Waals surface area (Å²) in [5.41, 5.74) is 2.22. The second-order valence-electron chi connectivity index (χ2n) is 9.07. The van der Waals surface area contributed by atoms with Crippen molar-refractivity contribution in [2.75, 3.05) is 0 Å². The maximum Gasteiger partial charge on any atom is 0.343 e. The molecule has 4 rings (SSSR count). The predicted octanol–water partition coefficient (Wildman–Crippen LogP) is 6.93.